The summed E-state index contributed by atoms with van der Waals surface area (Å²) < 4.78 is 5.79. The number of rotatable bonds is 7. The van der Waals surface area contributed by atoms with E-state index in [2.05, 4.69) is 22.8 Å². The zero-order valence-corrected chi connectivity index (χ0v) is 12.4. The summed E-state index contributed by atoms with van der Waals surface area (Å²) in [5.74, 6) is 0.848. The molecule has 2 N–H and O–H groups in total. The molecule has 2 atom stereocenters. The highest BCUT2D eigenvalue weighted by Crippen LogP contribution is 2.28. The minimum absolute atomic E-state index is 0.0380. The van der Waals surface area contributed by atoms with Crippen molar-refractivity contribution in [1.82, 2.24) is 10.6 Å². The lowest BCUT2D eigenvalue weighted by Gasteiger charge is -2.25. The topological polar surface area (TPSA) is 50.4 Å². The number of carbonyl (C=O) groups excluding carboxylic acids is 1. The van der Waals surface area contributed by atoms with E-state index in [1.165, 1.54) is 12.8 Å². The largest absolute Gasteiger partial charge is 0.376 e. The van der Waals surface area contributed by atoms with Gasteiger partial charge < -0.3 is 15.4 Å². The van der Waals surface area contributed by atoms with E-state index >= 15 is 0 Å². The molecule has 4 heteroatoms. The van der Waals surface area contributed by atoms with E-state index in [1.807, 2.05) is 18.2 Å². The second-order valence-corrected chi connectivity index (χ2v) is 6.08. The average Bonchev–Trinajstić information content (AvgIpc) is 3.17. The van der Waals surface area contributed by atoms with Gasteiger partial charge in [-0.1, -0.05) is 30.3 Å². The molecule has 1 aromatic rings. The molecule has 114 valence electrons. The Morgan fingerprint density at radius 3 is 2.71 bits per heavy atom. The van der Waals surface area contributed by atoms with Crippen LogP contribution in [0.5, 0.6) is 0 Å². The Labute approximate surface area is 126 Å². The van der Waals surface area contributed by atoms with Crippen LogP contribution in [-0.4, -0.2) is 31.7 Å². The van der Waals surface area contributed by atoms with E-state index in [1.54, 1.807) is 0 Å². The lowest BCUT2D eigenvalue weighted by atomic mass is 9.99. The fourth-order valence-corrected chi connectivity index (χ4v) is 2.85. The molecule has 4 nitrogen and oxygen atoms in total. The third-order valence-corrected chi connectivity index (χ3v) is 4.23. The van der Waals surface area contributed by atoms with E-state index < -0.39 is 0 Å². The summed E-state index contributed by atoms with van der Waals surface area (Å²) in [5.41, 5.74) is 1.12. The molecular formula is C17H24N2O2. The summed E-state index contributed by atoms with van der Waals surface area (Å²) in [5, 5.41) is 6.38. The van der Waals surface area contributed by atoms with Crippen molar-refractivity contribution in [2.24, 2.45) is 5.92 Å². The van der Waals surface area contributed by atoms with Crippen LogP contribution in [0.2, 0.25) is 0 Å². The van der Waals surface area contributed by atoms with Crippen LogP contribution in [0.3, 0.4) is 0 Å². The van der Waals surface area contributed by atoms with Gasteiger partial charge >= 0.3 is 0 Å². The van der Waals surface area contributed by atoms with Gasteiger partial charge in [0.1, 0.15) is 0 Å². The molecule has 1 heterocycles. The first-order chi connectivity index (χ1) is 10.3. The molecule has 0 aromatic heterocycles. The number of carbonyl (C=O) groups is 1. The van der Waals surface area contributed by atoms with Crippen LogP contribution >= 0.6 is 0 Å². The average molecular weight is 288 g/mol. The minimum atomic E-state index is -0.0380. The van der Waals surface area contributed by atoms with E-state index in [4.69, 9.17) is 4.74 Å². The number of benzene rings is 1. The van der Waals surface area contributed by atoms with Gasteiger partial charge in [0.15, 0.2) is 0 Å². The summed E-state index contributed by atoms with van der Waals surface area (Å²) in [7, 11) is 0. The monoisotopic (exact) mass is 288 g/mol. The van der Waals surface area contributed by atoms with Crippen molar-refractivity contribution in [2.75, 3.05) is 19.7 Å². The predicted octanol–water partition coefficient (Wildman–Crippen LogP) is 2.02. The Bertz CT molecular complexity index is 453. The molecule has 2 fully saturated rings. The smallest absolute Gasteiger partial charge is 0.234 e. The number of ether oxygens (including phenoxy) is 1. The van der Waals surface area contributed by atoms with Gasteiger partial charge in [0.25, 0.3) is 0 Å². The van der Waals surface area contributed by atoms with Crippen molar-refractivity contribution >= 4 is 5.91 Å². The minimum Gasteiger partial charge on any atom is -0.376 e. The Kier molecular flexibility index (Phi) is 4.88. The molecule has 3 rings (SSSR count). The predicted molar refractivity (Wildman–Crippen MR) is 81.9 cm³/mol. The first-order valence-electron chi connectivity index (χ1n) is 7.99. The van der Waals surface area contributed by atoms with Crippen molar-refractivity contribution in [2.45, 2.75) is 37.8 Å². The molecule has 1 saturated heterocycles. The number of hydrogen-bond donors (Lipinski definition) is 2. The molecule has 1 aromatic carbocycles. The van der Waals surface area contributed by atoms with Crippen LogP contribution in [0.1, 0.15) is 37.3 Å². The van der Waals surface area contributed by atoms with E-state index in [0.29, 0.717) is 6.54 Å². The van der Waals surface area contributed by atoms with Crippen LogP contribution in [0, 0.1) is 5.92 Å². The highest BCUT2D eigenvalue weighted by Gasteiger charge is 2.28. The van der Waals surface area contributed by atoms with Crippen molar-refractivity contribution in [3.8, 4) is 0 Å². The van der Waals surface area contributed by atoms with Gasteiger partial charge in [-0.15, -0.1) is 0 Å². The third-order valence-electron chi connectivity index (χ3n) is 4.23. The quantitative estimate of drug-likeness (QED) is 0.807. The third kappa shape index (κ3) is 4.29. The Morgan fingerprint density at radius 1 is 1.24 bits per heavy atom. The highest BCUT2D eigenvalue weighted by molar-refractivity contribution is 5.78. The van der Waals surface area contributed by atoms with Gasteiger partial charge in [0, 0.05) is 6.61 Å². The lowest BCUT2D eigenvalue weighted by molar-refractivity contribution is -0.122. The van der Waals surface area contributed by atoms with Crippen LogP contribution in [0.25, 0.3) is 0 Å². The second-order valence-electron chi connectivity index (χ2n) is 6.08. The maximum Gasteiger partial charge on any atom is 0.234 e. The molecule has 2 aliphatic rings. The first-order valence-corrected chi connectivity index (χ1v) is 7.99. The standard InChI is InChI=1S/C17H24N2O2/c20-16(12-18-11-13-8-9-13)19-17(15-7-4-10-21-15)14-5-2-1-3-6-14/h1-3,5-6,13,15,17-18H,4,7-12H2,(H,19,20). The molecule has 1 saturated carbocycles. The normalized spacial score (nSPS) is 23.0. The molecule has 1 aliphatic carbocycles. The molecular weight excluding hydrogens is 264 g/mol. The van der Waals surface area contributed by atoms with Crippen molar-refractivity contribution < 1.29 is 9.53 Å². The molecule has 0 radical (unpaired) electrons. The SMILES string of the molecule is O=C(CNCC1CC1)NC(c1ccccc1)C1CCCO1. The maximum absolute atomic E-state index is 12.2. The molecule has 0 bridgehead atoms. The molecule has 2 unspecified atom stereocenters. The molecule has 0 spiro atoms. The van der Waals surface area contributed by atoms with Gasteiger partial charge in [-0.05, 0) is 43.7 Å². The van der Waals surface area contributed by atoms with Crippen molar-refractivity contribution in [3.63, 3.8) is 0 Å². The van der Waals surface area contributed by atoms with Gasteiger partial charge in [-0.2, -0.15) is 0 Å². The first kappa shape index (κ1) is 14.5. The van der Waals surface area contributed by atoms with Gasteiger partial charge in [-0.3, -0.25) is 4.79 Å². The Morgan fingerprint density at radius 2 is 2.05 bits per heavy atom. The summed E-state index contributed by atoms with van der Waals surface area (Å²) in [4.78, 5) is 12.2. The zero-order chi connectivity index (χ0) is 14.5. The van der Waals surface area contributed by atoms with Gasteiger partial charge in [-0.25, -0.2) is 0 Å². The highest BCUT2D eigenvalue weighted by atomic mass is 16.5. The summed E-state index contributed by atoms with van der Waals surface area (Å²) in [6.45, 7) is 2.15. The van der Waals surface area contributed by atoms with Crippen molar-refractivity contribution in [1.29, 1.82) is 0 Å². The Balaban J connectivity index is 1.57. The fraction of sp³-hybridized carbons (Fsp3) is 0.588. The van der Waals surface area contributed by atoms with E-state index in [0.717, 1.165) is 37.5 Å². The summed E-state index contributed by atoms with van der Waals surface area (Å²) in [6.07, 6.45) is 4.79. The second kappa shape index (κ2) is 7.05. The van der Waals surface area contributed by atoms with Crippen LogP contribution in [0.15, 0.2) is 30.3 Å². The summed E-state index contributed by atoms with van der Waals surface area (Å²) in [6, 6.07) is 10.1. The number of amides is 1. The Hall–Kier alpha value is -1.39. The van der Waals surface area contributed by atoms with E-state index in [9.17, 15) is 4.79 Å². The molecule has 1 amide bonds. The van der Waals surface area contributed by atoms with Gasteiger partial charge in [0.05, 0.1) is 18.7 Å². The lowest BCUT2D eigenvalue weighted by Crippen LogP contribution is -2.41. The van der Waals surface area contributed by atoms with Crippen LogP contribution < -0.4 is 10.6 Å². The zero-order valence-electron chi connectivity index (χ0n) is 12.4. The van der Waals surface area contributed by atoms with E-state index in [-0.39, 0.29) is 18.1 Å². The maximum atomic E-state index is 12.2. The molecule has 1 aliphatic heterocycles. The van der Waals surface area contributed by atoms with Crippen LogP contribution in [-0.2, 0) is 9.53 Å². The number of hydrogen-bond acceptors (Lipinski definition) is 3. The fourth-order valence-electron chi connectivity index (χ4n) is 2.85. The van der Waals surface area contributed by atoms with Crippen LogP contribution in [0.4, 0.5) is 0 Å². The van der Waals surface area contributed by atoms with Gasteiger partial charge in [0.2, 0.25) is 5.91 Å². The number of nitrogens with one attached hydrogen (secondary N) is 2. The summed E-state index contributed by atoms with van der Waals surface area (Å²) >= 11 is 0. The molecule has 21 heavy (non-hydrogen) atoms. The van der Waals surface area contributed by atoms with Crippen molar-refractivity contribution in [3.05, 3.63) is 35.9 Å².